The molecule has 1 aliphatic heterocycles. The number of ketones is 1. The van der Waals surface area contributed by atoms with Gasteiger partial charge in [0.05, 0.1) is 6.61 Å². The van der Waals surface area contributed by atoms with Crippen molar-refractivity contribution in [2.24, 2.45) is 5.92 Å². The number of Topliss-reactive ketones (excluding diaryl/α,β-unsaturated/α-hetero) is 1. The first-order chi connectivity index (χ1) is 11.5. The van der Waals surface area contributed by atoms with Gasteiger partial charge >= 0.3 is 0 Å². The third kappa shape index (κ3) is 3.60. The van der Waals surface area contributed by atoms with Gasteiger partial charge in [-0.1, -0.05) is 12.1 Å². The maximum atomic E-state index is 11.6. The normalized spacial score (nSPS) is 33.2. The van der Waals surface area contributed by atoms with E-state index in [-0.39, 0.29) is 18.3 Å². The first kappa shape index (κ1) is 17.3. The van der Waals surface area contributed by atoms with Gasteiger partial charge < -0.3 is 29.9 Å². The summed E-state index contributed by atoms with van der Waals surface area (Å²) in [6.07, 6.45) is -4.03. The van der Waals surface area contributed by atoms with Crippen molar-refractivity contribution < 1.29 is 34.7 Å². The molecule has 5 atom stereocenters. The van der Waals surface area contributed by atoms with Crippen LogP contribution in [-0.4, -0.2) is 63.8 Å². The van der Waals surface area contributed by atoms with E-state index < -0.39 is 37.1 Å². The molecule has 1 saturated heterocycles. The molecule has 1 unspecified atom stereocenters. The van der Waals surface area contributed by atoms with E-state index >= 15 is 0 Å². The highest BCUT2D eigenvalue weighted by Gasteiger charge is 2.43. The van der Waals surface area contributed by atoms with Crippen LogP contribution in [-0.2, 0) is 9.53 Å². The predicted molar refractivity (Wildman–Crippen MR) is 82.4 cm³/mol. The fourth-order valence-electron chi connectivity index (χ4n) is 2.81. The summed E-state index contributed by atoms with van der Waals surface area (Å²) in [5.74, 6) is 0.781. The topological polar surface area (TPSA) is 116 Å². The van der Waals surface area contributed by atoms with Gasteiger partial charge in [-0.25, -0.2) is 0 Å². The highest BCUT2D eigenvalue weighted by atomic mass is 16.5. The van der Waals surface area contributed by atoms with Crippen molar-refractivity contribution in [1.82, 2.24) is 0 Å². The summed E-state index contributed by atoms with van der Waals surface area (Å²) in [5, 5.41) is 38.9. The summed E-state index contributed by atoms with van der Waals surface area (Å²) < 4.78 is 10.9. The van der Waals surface area contributed by atoms with E-state index in [1.165, 1.54) is 0 Å². The molecule has 3 rings (SSSR count). The van der Waals surface area contributed by atoms with Crippen LogP contribution in [0.5, 0.6) is 5.75 Å². The molecular weight excluding hydrogens is 316 g/mol. The molecule has 2 fully saturated rings. The number of hydrogen-bond acceptors (Lipinski definition) is 7. The third-order valence-electron chi connectivity index (χ3n) is 4.51. The lowest BCUT2D eigenvalue weighted by atomic mass is 9.91. The van der Waals surface area contributed by atoms with Gasteiger partial charge in [0.2, 0.25) is 0 Å². The van der Waals surface area contributed by atoms with E-state index in [1.807, 2.05) is 0 Å². The highest BCUT2D eigenvalue weighted by Crippen LogP contribution is 2.33. The summed E-state index contributed by atoms with van der Waals surface area (Å²) >= 11 is 0. The minimum Gasteiger partial charge on any atom is -0.486 e. The van der Waals surface area contributed by atoms with Crippen molar-refractivity contribution >= 4 is 5.78 Å². The fourth-order valence-corrected chi connectivity index (χ4v) is 2.81. The molecular formula is C17H22O7. The third-order valence-corrected chi connectivity index (χ3v) is 4.51. The number of carbonyl (C=O) groups excluding carboxylic acids is 1. The van der Waals surface area contributed by atoms with Gasteiger partial charge in [-0.2, -0.15) is 0 Å². The van der Waals surface area contributed by atoms with Crippen molar-refractivity contribution in [1.29, 1.82) is 0 Å². The lowest BCUT2D eigenvalue weighted by molar-refractivity contribution is -0.231. The summed E-state index contributed by atoms with van der Waals surface area (Å²) in [6.45, 7) is -0.421. The van der Waals surface area contributed by atoms with Crippen molar-refractivity contribution in [2.75, 3.05) is 13.2 Å². The number of hydrogen-bond donors (Lipinski definition) is 4. The van der Waals surface area contributed by atoms with Crippen LogP contribution in [0.2, 0.25) is 0 Å². The first-order valence-corrected chi connectivity index (χ1v) is 8.07. The molecule has 1 saturated carbocycles. The number of benzene rings is 1. The summed E-state index contributed by atoms with van der Waals surface area (Å²) in [6, 6.07) is 6.61. The summed E-state index contributed by atoms with van der Waals surface area (Å²) in [4.78, 5) is 11.6. The zero-order chi connectivity index (χ0) is 17.3. The maximum Gasteiger partial charge on any atom is 0.173 e. The Morgan fingerprint density at radius 3 is 2.33 bits per heavy atom. The molecule has 1 aromatic rings. The van der Waals surface area contributed by atoms with Crippen LogP contribution in [0, 0.1) is 5.92 Å². The smallest absolute Gasteiger partial charge is 0.173 e. The van der Waals surface area contributed by atoms with E-state index in [9.17, 15) is 25.2 Å². The van der Waals surface area contributed by atoms with Gasteiger partial charge in [-0.05, 0) is 30.5 Å². The Morgan fingerprint density at radius 2 is 1.75 bits per heavy atom. The zero-order valence-corrected chi connectivity index (χ0v) is 13.1. The molecule has 4 N–H and O–H groups in total. The minimum absolute atomic E-state index is 0.0457. The van der Waals surface area contributed by atoms with Gasteiger partial charge in [-0.3, -0.25) is 4.79 Å². The number of ether oxygens (including phenoxy) is 2. The molecule has 0 aromatic heterocycles. The van der Waals surface area contributed by atoms with Crippen LogP contribution in [0.3, 0.4) is 0 Å². The Morgan fingerprint density at radius 1 is 1.08 bits per heavy atom. The van der Waals surface area contributed by atoms with Gasteiger partial charge in [0.25, 0.3) is 0 Å². The van der Waals surface area contributed by atoms with E-state index in [2.05, 4.69) is 0 Å². The van der Waals surface area contributed by atoms with Crippen LogP contribution in [0.15, 0.2) is 24.3 Å². The summed E-state index contributed by atoms with van der Waals surface area (Å²) in [7, 11) is 0. The number of carbonyl (C=O) groups is 1. The van der Waals surface area contributed by atoms with Gasteiger partial charge in [0.15, 0.2) is 5.78 Å². The van der Waals surface area contributed by atoms with Crippen molar-refractivity contribution in [3.63, 3.8) is 0 Å². The van der Waals surface area contributed by atoms with Crippen LogP contribution < -0.4 is 4.74 Å². The maximum absolute atomic E-state index is 11.6. The molecule has 0 radical (unpaired) electrons. The molecule has 0 spiro atoms. The molecule has 132 valence electrons. The zero-order valence-electron chi connectivity index (χ0n) is 13.1. The average molecular weight is 338 g/mol. The van der Waals surface area contributed by atoms with Gasteiger partial charge in [0.1, 0.15) is 42.9 Å². The van der Waals surface area contributed by atoms with Gasteiger partial charge in [0, 0.05) is 5.92 Å². The predicted octanol–water partition coefficient (Wildman–Crippen LogP) is -0.441. The molecule has 1 heterocycles. The second-order valence-electron chi connectivity index (χ2n) is 6.35. The van der Waals surface area contributed by atoms with E-state index in [1.54, 1.807) is 24.3 Å². The van der Waals surface area contributed by atoms with Crippen molar-refractivity contribution in [3.05, 3.63) is 29.8 Å². The SMILES string of the molecule is O=C(COc1ccc(C2O[C@H](CO)[C@@H](O)[C@H](O)[C@@H]2O)cc1)C1CC1. The molecule has 1 aliphatic carbocycles. The summed E-state index contributed by atoms with van der Waals surface area (Å²) in [5.41, 5.74) is 0.577. The standard InChI is InChI=1S/C17H22O7/c18-7-13-14(20)15(21)16(22)17(24-13)10-3-5-11(6-4-10)23-8-12(19)9-1-2-9/h3-6,9,13-18,20-22H,1-2,7-8H2/t13-,14-,15+,16+,17?/m1/s1. The number of rotatable bonds is 6. The Balaban J connectivity index is 1.64. The van der Waals surface area contributed by atoms with E-state index in [4.69, 9.17) is 9.47 Å². The second-order valence-corrected chi connectivity index (χ2v) is 6.35. The molecule has 7 heteroatoms. The molecule has 24 heavy (non-hydrogen) atoms. The first-order valence-electron chi connectivity index (χ1n) is 8.07. The Hall–Kier alpha value is -1.51. The average Bonchev–Trinajstić information content (AvgIpc) is 3.44. The highest BCUT2D eigenvalue weighted by molar-refractivity contribution is 5.84. The lowest BCUT2D eigenvalue weighted by Crippen LogP contribution is -2.55. The van der Waals surface area contributed by atoms with Crippen molar-refractivity contribution in [3.8, 4) is 5.75 Å². The van der Waals surface area contributed by atoms with Crippen molar-refractivity contribution in [2.45, 2.75) is 43.4 Å². The van der Waals surface area contributed by atoms with Crippen LogP contribution in [0.25, 0.3) is 0 Å². The molecule has 1 aromatic carbocycles. The van der Waals surface area contributed by atoms with Gasteiger partial charge in [-0.15, -0.1) is 0 Å². The number of aliphatic hydroxyl groups is 4. The second kappa shape index (κ2) is 7.16. The van der Waals surface area contributed by atoms with E-state index in [0.717, 1.165) is 12.8 Å². The minimum atomic E-state index is -1.41. The Bertz CT molecular complexity index is 567. The van der Waals surface area contributed by atoms with E-state index in [0.29, 0.717) is 11.3 Å². The van der Waals surface area contributed by atoms with Crippen LogP contribution >= 0.6 is 0 Å². The van der Waals surface area contributed by atoms with Crippen LogP contribution in [0.1, 0.15) is 24.5 Å². The molecule has 2 aliphatic rings. The lowest BCUT2D eigenvalue weighted by Gasteiger charge is -2.40. The largest absolute Gasteiger partial charge is 0.486 e. The number of aliphatic hydroxyl groups excluding tert-OH is 4. The Kier molecular flexibility index (Phi) is 5.17. The fraction of sp³-hybridized carbons (Fsp3) is 0.588. The quantitative estimate of drug-likeness (QED) is 0.555. The molecule has 0 amide bonds. The Labute approximate surface area is 139 Å². The molecule has 0 bridgehead atoms. The monoisotopic (exact) mass is 338 g/mol. The molecule has 7 nitrogen and oxygen atoms in total. The van der Waals surface area contributed by atoms with Crippen LogP contribution in [0.4, 0.5) is 0 Å².